The summed E-state index contributed by atoms with van der Waals surface area (Å²) in [6.07, 6.45) is 13.3. The minimum atomic E-state index is -1.22. The molecular weight excluding hydrogens is 264 g/mol. The smallest absolute Gasteiger partial charge is 0.332 e. The van der Waals surface area contributed by atoms with Crippen molar-refractivity contribution in [1.29, 1.82) is 0 Å². The van der Waals surface area contributed by atoms with Crippen LogP contribution in [0.5, 0.6) is 0 Å². The number of unbranched alkanes of at least 4 members (excludes halogenated alkanes) is 9. The second-order valence-electron chi connectivity index (χ2n) is 7.15. The first-order valence-electron chi connectivity index (χ1n) is 8.80. The lowest BCUT2D eigenvalue weighted by molar-refractivity contribution is -0.148. The molecule has 1 atom stereocenters. The summed E-state index contributed by atoms with van der Waals surface area (Å²) in [5.74, 6) is -1.11. The molecule has 0 aliphatic carbocycles. The van der Waals surface area contributed by atoms with E-state index < -0.39 is 12.1 Å². The van der Waals surface area contributed by atoms with Crippen LogP contribution in [0.3, 0.4) is 0 Å². The Morgan fingerprint density at radius 2 is 1.33 bits per heavy atom. The first kappa shape index (κ1) is 20.4. The lowest BCUT2D eigenvalue weighted by Gasteiger charge is -2.25. The van der Waals surface area contributed by atoms with Gasteiger partial charge in [0.1, 0.15) is 0 Å². The van der Waals surface area contributed by atoms with Gasteiger partial charge in [-0.05, 0) is 18.3 Å². The fourth-order valence-electron chi connectivity index (χ4n) is 2.80. The molecule has 0 heterocycles. The Morgan fingerprint density at radius 3 is 1.76 bits per heavy atom. The van der Waals surface area contributed by atoms with Crippen molar-refractivity contribution in [3.63, 3.8) is 0 Å². The molecule has 2 N–H and O–H groups in total. The number of hydrogen-bond donors (Lipinski definition) is 2. The molecule has 0 aromatic carbocycles. The average Bonchev–Trinajstić information content (AvgIpc) is 2.40. The zero-order valence-electron chi connectivity index (χ0n) is 14.4. The zero-order chi connectivity index (χ0) is 16.1. The second-order valence-corrected chi connectivity index (χ2v) is 7.15. The first-order valence-corrected chi connectivity index (χ1v) is 8.80. The monoisotopic (exact) mass is 300 g/mol. The quantitative estimate of drug-likeness (QED) is 0.436. The Bertz CT molecular complexity index is 261. The molecule has 21 heavy (non-hydrogen) atoms. The van der Waals surface area contributed by atoms with Gasteiger partial charge in [0.2, 0.25) is 0 Å². The van der Waals surface area contributed by atoms with Gasteiger partial charge < -0.3 is 10.2 Å². The van der Waals surface area contributed by atoms with Crippen LogP contribution in [0, 0.1) is 5.41 Å². The number of rotatable bonds is 14. The van der Waals surface area contributed by atoms with Crippen LogP contribution in [-0.4, -0.2) is 22.3 Å². The third-order valence-corrected chi connectivity index (χ3v) is 4.24. The molecule has 0 saturated carbocycles. The summed E-state index contributed by atoms with van der Waals surface area (Å²) in [5.41, 5.74) is -0.0854. The van der Waals surface area contributed by atoms with Gasteiger partial charge in [0.25, 0.3) is 0 Å². The molecule has 0 saturated heterocycles. The standard InChI is InChI=1S/C18H36O3/c1-4-5-6-7-8-9-10-11-12-13-14-18(2,3)15-16(19)17(20)21/h16,19H,4-15H2,1-3H3,(H,20,21). The molecule has 3 heteroatoms. The summed E-state index contributed by atoms with van der Waals surface area (Å²) >= 11 is 0. The normalized spacial score (nSPS) is 13.3. The number of hydrogen-bond acceptors (Lipinski definition) is 2. The van der Waals surface area contributed by atoms with Crippen molar-refractivity contribution >= 4 is 5.97 Å². The molecule has 1 unspecified atom stereocenters. The van der Waals surface area contributed by atoms with Gasteiger partial charge in [-0.15, -0.1) is 0 Å². The summed E-state index contributed by atoms with van der Waals surface area (Å²) in [4.78, 5) is 10.7. The summed E-state index contributed by atoms with van der Waals surface area (Å²) in [5, 5.41) is 18.2. The van der Waals surface area contributed by atoms with E-state index >= 15 is 0 Å². The number of carboxylic acids is 1. The lowest BCUT2D eigenvalue weighted by Crippen LogP contribution is -2.27. The van der Waals surface area contributed by atoms with Crippen molar-refractivity contribution in [3.8, 4) is 0 Å². The Hall–Kier alpha value is -0.570. The highest BCUT2D eigenvalue weighted by atomic mass is 16.4. The van der Waals surface area contributed by atoms with Crippen molar-refractivity contribution < 1.29 is 15.0 Å². The predicted molar refractivity (Wildman–Crippen MR) is 88.5 cm³/mol. The zero-order valence-corrected chi connectivity index (χ0v) is 14.4. The van der Waals surface area contributed by atoms with Crippen molar-refractivity contribution in [2.24, 2.45) is 5.41 Å². The predicted octanol–water partition coefficient (Wildman–Crippen LogP) is 5.16. The molecule has 0 amide bonds. The number of aliphatic hydroxyl groups is 1. The molecule has 0 rings (SSSR count). The van der Waals surface area contributed by atoms with Gasteiger partial charge >= 0.3 is 5.97 Å². The van der Waals surface area contributed by atoms with E-state index in [0.717, 1.165) is 12.8 Å². The van der Waals surface area contributed by atoms with Gasteiger partial charge in [0.05, 0.1) is 0 Å². The van der Waals surface area contributed by atoms with Gasteiger partial charge in [-0.25, -0.2) is 4.79 Å². The highest BCUT2D eigenvalue weighted by Crippen LogP contribution is 2.29. The maximum atomic E-state index is 10.7. The van der Waals surface area contributed by atoms with Crippen LogP contribution in [0.15, 0.2) is 0 Å². The topological polar surface area (TPSA) is 57.5 Å². The minimum absolute atomic E-state index is 0.0854. The van der Waals surface area contributed by atoms with Gasteiger partial charge in [-0.1, -0.05) is 85.0 Å². The van der Waals surface area contributed by atoms with Gasteiger partial charge in [0.15, 0.2) is 6.10 Å². The van der Waals surface area contributed by atoms with E-state index in [-0.39, 0.29) is 5.41 Å². The molecule has 0 fully saturated rings. The van der Waals surface area contributed by atoms with Crippen LogP contribution in [0.4, 0.5) is 0 Å². The second kappa shape index (κ2) is 12.0. The maximum absolute atomic E-state index is 10.7. The summed E-state index contributed by atoms with van der Waals surface area (Å²) in [7, 11) is 0. The highest BCUT2D eigenvalue weighted by Gasteiger charge is 2.25. The van der Waals surface area contributed by atoms with Crippen molar-refractivity contribution in [2.45, 2.75) is 104 Å². The highest BCUT2D eigenvalue weighted by molar-refractivity contribution is 5.71. The molecular formula is C18H36O3. The third kappa shape index (κ3) is 12.9. The van der Waals surface area contributed by atoms with E-state index in [9.17, 15) is 9.90 Å². The van der Waals surface area contributed by atoms with Gasteiger partial charge in [-0.2, -0.15) is 0 Å². The SMILES string of the molecule is CCCCCCCCCCCCC(C)(C)CC(O)C(=O)O. The van der Waals surface area contributed by atoms with E-state index in [1.54, 1.807) is 0 Å². The van der Waals surface area contributed by atoms with Crippen LogP contribution in [-0.2, 0) is 4.79 Å². The van der Waals surface area contributed by atoms with E-state index in [4.69, 9.17) is 5.11 Å². The van der Waals surface area contributed by atoms with E-state index in [1.165, 1.54) is 57.8 Å². The number of carboxylic acid groups (broad SMARTS) is 1. The molecule has 0 spiro atoms. The molecule has 126 valence electrons. The van der Waals surface area contributed by atoms with E-state index in [2.05, 4.69) is 6.92 Å². The third-order valence-electron chi connectivity index (χ3n) is 4.24. The van der Waals surface area contributed by atoms with Crippen LogP contribution in [0.2, 0.25) is 0 Å². The number of aliphatic hydroxyl groups excluding tert-OH is 1. The fourth-order valence-corrected chi connectivity index (χ4v) is 2.80. The molecule has 0 aromatic heterocycles. The molecule has 0 radical (unpaired) electrons. The molecule has 0 aliphatic rings. The van der Waals surface area contributed by atoms with Crippen LogP contribution < -0.4 is 0 Å². The average molecular weight is 300 g/mol. The van der Waals surface area contributed by atoms with E-state index in [1.807, 2.05) is 13.8 Å². The van der Waals surface area contributed by atoms with Crippen molar-refractivity contribution in [1.82, 2.24) is 0 Å². The fraction of sp³-hybridized carbons (Fsp3) is 0.944. The Balaban J connectivity index is 3.46. The molecule has 3 nitrogen and oxygen atoms in total. The first-order chi connectivity index (χ1) is 9.89. The summed E-state index contributed by atoms with van der Waals surface area (Å²) in [6.45, 7) is 6.34. The molecule has 0 aromatic rings. The van der Waals surface area contributed by atoms with Crippen LogP contribution in [0.1, 0.15) is 97.8 Å². The van der Waals surface area contributed by atoms with Gasteiger partial charge in [0, 0.05) is 0 Å². The van der Waals surface area contributed by atoms with Crippen LogP contribution in [0.25, 0.3) is 0 Å². The van der Waals surface area contributed by atoms with Crippen molar-refractivity contribution in [3.05, 3.63) is 0 Å². The largest absolute Gasteiger partial charge is 0.479 e. The number of aliphatic carboxylic acids is 1. The number of carbonyl (C=O) groups is 1. The molecule has 0 bridgehead atoms. The Labute approximate surface area is 131 Å². The van der Waals surface area contributed by atoms with E-state index in [0.29, 0.717) is 6.42 Å². The van der Waals surface area contributed by atoms with Crippen molar-refractivity contribution in [2.75, 3.05) is 0 Å². The Kier molecular flexibility index (Phi) is 11.7. The Morgan fingerprint density at radius 1 is 0.905 bits per heavy atom. The maximum Gasteiger partial charge on any atom is 0.332 e. The van der Waals surface area contributed by atoms with Gasteiger partial charge in [-0.3, -0.25) is 0 Å². The summed E-state index contributed by atoms with van der Waals surface area (Å²) in [6, 6.07) is 0. The minimum Gasteiger partial charge on any atom is -0.479 e. The summed E-state index contributed by atoms with van der Waals surface area (Å²) < 4.78 is 0. The van der Waals surface area contributed by atoms with Crippen LogP contribution >= 0.6 is 0 Å². The molecule has 0 aliphatic heterocycles. The lowest BCUT2D eigenvalue weighted by atomic mass is 9.81.